The van der Waals surface area contributed by atoms with Crippen molar-refractivity contribution in [3.8, 4) is 11.5 Å². The number of ether oxygens (including phenoxy) is 1. The van der Waals surface area contributed by atoms with Crippen molar-refractivity contribution in [1.82, 2.24) is 14.7 Å². The minimum atomic E-state index is -4.57. The number of alkyl halides is 3. The first kappa shape index (κ1) is 22.2. The van der Waals surface area contributed by atoms with Gasteiger partial charge in [0.25, 0.3) is 0 Å². The summed E-state index contributed by atoms with van der Waals surface area (Å²) in [5.41, 5.74) is -0.723. The number of sulfonamides is 1. The molecular formula is C23H19F3N4O3S. The highest BCUT2D eigenvalue weighted by Gasteiger charge is 2.34. The number of halogens is 3. The third kappa shape index (κ3) is 4.70. The van der Waals surface area contributed by atoms with Crippen LogP contribution in [-0.2, 0) is 16.2 Å². The fourth-order valence-corrected chi connectivity index (χ4v) is 4.75. The van der Waals surface area contributed by atoms with Crippen LogP contribution >= 0.6 is 0 Å². The monoisotopic (exact) mass is 488 g/mol. The number of aromatic amines is 1. The van der Waals surface area contributed by atoms with E-state index in [9.17, 15) is 21.6 Å². The SMILES string of the molecule is O=S(=O)(NC1CC1)c1ccc(Oc2ccccc2)c(Nc2nc3c(C(F)(F)F)cccc3[nH]2)c1. The quantitative estimate of drug-likeness (QED) is 0.317. The number of hydrogen-bond acceptors (Lipinski definition) is 5. The molecule has 7 nitrogen and oxygen atoms in total. The van der Waals surface area contributed by atoms with Gasteiger partial charge >= 0.3 is 6.18 Å². The molecule has 0 unspecified atom stereocenters. The normalized spacial score (nSPS) is 14.3. The Labute approximate surface area is 193 Å². The lowest BCUT2D eigenvalue weighted by molar-refractivity contribution is -0.136. The van der Waals surface area contributed by atoms with E-state index in [2.05, 4.69) is 20.0 Å². The lowest BCUT2D eigenvalue weighted by Gasteiger charge is -2.14. The standard InChI is InChI=1S/C23H19F3N4O3S/c24-23(25,26)17-7-4-8-18-21(17)29-22(27-18)28-19-13-16(34(31,32)30-14-9-10-14)11-12-20(19)33-15-5-2-1-3-6-15/h1-8,11-14,30H,9-10H2,(H2,27,28,29). The molecule has 1 aromatic heterocycles. The summed E-state index contributed by atoms with van der Waals surface area (Å²) in [6.45, 7) is 0. The van der Waals surface area contributed by atoms with Gasteiger partial charge in [0.05, 0.1) is 21.7 Å². The van der Waals surface area contributed by atoms with Gasteiger partial charge in [-0.15, -0.1) is 0 Å². The minimum absolute atomic E-state index is 0.00518. The van der Waals surface area contributed by atoms with E-state index in [1.165, 1.54) is 30.3 Å². The molecule has 0 radical (unpaired) electrons. The number of rotatable bonds is 7. The first-order valence-electron chi connectivity index (χ1n) is 10.4. The summed E-state index contributed by atoms with van der Waals surface area (Å²) in [5, 5.41) is 2.89. The third-order valence-electron chi connectivity index (χ3n) is 5.20. The molecule has 0 amide bonds. The zero-order chi connectivity index (χ0) is 23.9. The van der Waals surface area contributed by atoms with Gasteiger partial charge < -0.3 is 15.0 Å². The molecule has 4 aromatic rings. The number of aromatic nitrogens is 2. The largest absolute Gasteiger partial charge is 0.455 e. The van der Waals surface area contributed by atoms with E-state index in [4.69, 9.17) is 4.74 Å². The Morgan fingerprint density at radius 1 is 1.00 bits per heavy atom. The molecule has 1 aliphatic rings. The van der Waals surface area contributed by atoms with Crippen LogP contribution in [0.4, 0.5) is 24.8 Å². The number of nitrogens with zero attached hydrogens (tertiary/aromatic N) is 1. The maximum Gasteiger partial charge on any atom is 0.418 e. The highest BCUT2D eigenvalue weighted by atomic mass is 32.2. The van der Waals surface area contributed by atoms with Gasteiger partial charge in [-0.2, -0.15) is 13.2 Å². The van der Waals surface area contributed by atoms with Crippen molar-refractivity contribution in [3.05, 3.63) is 72.3 Å². The predicted octanol–water partition coefficient (Wildman–Crippen LogP) is 5.56. The summed E-state index contributed by atoms with van der Waals surface area (Å²) >= 11 is 0. The van der Waals surface area contributed by atoms with Crippen molar-refractivity contribution in [2.45, 2.75) is 30.0 Å². The molecule has 0 bridgehead atoms. The van der Waals surface area contributed by atoms with Gasteiger partial charge in [-0.25, -0.2) is 18.1 Å². The average Bonchev–Trinajstić information content (AvgIpc) is 3.49. The molecule has 0 saturated heterocycles. The van der Waals surface area contributed by atoms with E-state index in [-0.39, 0.29) is 39.4 Å². The molecule has 1 fully saturated rings. The first-order chi connectivity index (χ1) is 16.2. The van der Waals surface area contributed by atoms with Crippen molar-refractivity contribution in [3.63, 3.8) is 0 Å². The topological polar surface area (TPSA) is 96.1 Å². The van der Waals surface area contributed by atoms with Crippen molar-refractivity contribution in [1.29, 1.82) is 0 Å². The number of fused-ring (bicyclic) bond motifs is 1. The molecule has 3 N–H and O–H groups in total. The summed E-state index contributed by atoms with van der Waals surface area (Å²) in [4.78, 5) is 6.87. The van der Waals surface area contributed by atoms with E-state index < -0.39 is 21.8 Å². The number of H-pyrrole nitrogens is 1. The Bertz CT molecular complexity index is 1450. The van der Waals surface area contributed by atoms with E-state index in [0.29, 0.717) is 5.75 Å². The van der Waals surface area contributed by atoms with Crippen molar-refractivity contribution < 1.29 is 26.3 Å². The molecule has 3 aromatic carbocycles. The maximum absolute atomic E-state index is 13.4. The number of benzene rings is 3. The minimum Gasteiger partial charge on any atom is -0.455 e. The molecule has 34 heavy (non-hydrogen) atoms. The molecule has 0 atom stereocenters. The van der Waals surface area contributed by atoms with Gasteiger partial charge in [0.2, 0.25) is 16.0 Å². The van der Waals surface area contributed by atoms with Crippen LogP contribution in [0.3, 0.4) is 0 Å². The van der Waals surface area contributed by atoms with Crippen molar-refractivity contribution in [2.75, 3.05) is 5.32 Å². The van der Waals surface area contributed by atoms with Crippen LogP contribution in [-0.4, -0.2) is 24.4 Å². The molecule has 0 spiro atoms. The Morgan fingerprint density at radius 2 is 1.76 bits per heavy atom. The average molecular weight is 488 g/mol. The zero-order valence-electron chi connectivity index (χ0n) is 17.6. The summed E-state index contributed by atoms with van der Waals surface area (Å²) in [6, 6.07) is 16.7. The number of nitrogens with one attached hydrogen (secondary N) is 3. The predicted molar refractivity (Wildman–Crippen MR) is 121 cm³/mol. The van der Waals surface area contributed by atoms with Gasteiger partial charge in [-0.3, -0.25) is 0 Å². The van der Waals surface area contributed by atoms with Crippen LogP contribution < -0.4 is 14.8 Å². The van der Waals surface area contributed by atoms with Gasteiger partial charge in [0, 0.05) is 6.04 Å². The smallest absolute Gasteiger partial charge is 0.418 e. The molecule has 5 rings (SSSR count). The van der Waals surface area contributed by atoms with Crippen LogP contribution in [0, 0.1) is 0 Å². The Morgan fingerprint density at radius 3 is 2.47 bits per heavy atom. The highest BCUT2D eigenvalue weighted by molar-refractivity contribution is 7.89. The van der Waals surface area contributed by atoms with Gasteiger partial charge in [-0.1, -0.05) is 24.3 Å². The van der Waals surface area contributed by atoms with E-state index >= 15 is 0 Å². The Kier molecular flexibility index (Phi) is 5.45. The molecule has 0 aliphatic heterocycles. The number of hydrogen-bond donors (Lipinski definition) is 3. The lowest BCUT2D eigenvalue weighted by Crippen LogP contribution is -2.25. The number of anilines is 2. The zero-order valence-corrected chi connectivity index (χ0v) is 18.4. The second-order valence-electron chi connectivity index (χ2n) is 7.88. The van der Waals surface area contributed by atoms with E-state index in [0.717, 1.165) is 18.9 Å². The van der Waals surface area contributed by atoms with Gasteiger partial charge in [0.15, 0.2) is 5.75 Å². The second kappa shape index (κ2) is 8.33. The molecule has 1 heterocycles. The van der Waals surface area contributed by atoms with Crippen molar-refractivity contribution in [2.24, 2.45) is 0 Å². The van der Waals surface area contributed by atoms with Crippen LogP contribution in [0.5, 0.6) is 11.5 Å². The summed E-state index contributed by atoms with van der Waals surface area (Å²) in [6.07, 6.45) is -3.02. The summed E-state index contributed by atoms with van der Waals surface area (Å²) < 4.78 is 74.1. The fourth-order valence-electron chi connectivity index (χ4n) is 3.41. The van der Waals surface area contributed by atoms with Gasteiger partial charge in [-0.05, 0) is 55.3 Å². The molecule has 1 aliphatic carbocycles. The molecular weight excluding hydrogens is 469 g/mol. The fraction of sp³-hybridized carbons (Fsp3) is 0.174. The summed E-state index contributed by atoms with van der Waals surface area (Å²) in [5.74, 6) is 0.781. The van der Waals surface area contributed by atoms with Crippen LogP contribution in [0.2, 0.25) is 0 Å². The first-order valence-corrected chi connectivity index (χ1v) is 11.9. The molecule has 11 heteroatoms. The number of imidazole rings is 1. The second-order valence-corrected chi connectivity index (χ2v) is 9.59. The van der Waals surface area contributed by atoms with Crippen LogP contribution in [0.1, 0.15) is 18.4 Å². The van der Waals surface area contributed by atoms with Crippen LogP contribution in [0.25, 0.3) is 11.0 Å². The Hall–Kier alpha value is -3.57. The van der Waals surface area contributed by atoms with Crippen molar-refractivity contribution >= 4 is 32.7 Å². The molecule has 1 saturated carbocycles. The third-order valence-corrected chi connectivity index (χ3v) is 6.72. The Balaban J connectivity index is 1.54. The van der Waals surface area contributed by atoms with Crippen LogP contribution in [0.15, 0.2) is 71.6 Å². The van der Waals surface area contributed by atoms with E-state index in [1.807, 2.05) is 6.07 Å². The molecule has 176 valence electrons. The van der Waals surface area contributed by atoms with Gasteiger partial charge in [0.1, 0.15) is 11.3 Å². The van der Waals surface area contributed by atoms with E-state index in [1.54, 1.807) is 24.3 Å². The highest BCUT2D eigenvalue weighted by Crippen LogP contribution is 2.37. The summed E-state index contributed by atoms with van der Waals surface area (Å²) in [7, 11) is -3.78. The lowest BCUT2D eigenvalue weighted by atomic mass is 10.2. The number of para-hydroxylation sites is 2. The maximum atomic E-state index is 13.4.